The molecule has 1 rings (SSSR count). The molecule has 0 aliphatic rings. The Morgan fingerprint density at radius 1 is 1.33 bits per heavy atom. The molecule has 0 amide bonds. The molecule has 122 valence electrons. The third-order valence-electron chi connectivity index (χ3n) is 3.81. The Morgan fingerprint density at radius 2 is 1.95 bits per heavy atom. The quantitative estimate of drug-likeness (QED) is 0.762. The molecule has 0 bridgehead atoms. The third kappa shape index (κ3) is 4.52. The highest BCUT2D eigenvalue weighted by Gasteiger charge is 2.26. The summed E-state index contributed by atoms with van der Waals surface area (Å²) in [4.78, 5) is 0.257. The zero-order valence-electron chi connectivity index (χ0n) is 13.6. The summed E-state index contributed by atoms with van der Waals surface area (Å²) in [7, 11) is -3.56. The van der Waals surface area contributed by atoms with Gasteiger partial charge in [-0.3, -0.25) is 4.68 Å². The van der Waals surface area contributed by atoms with Crippen LogP contribution in [0.15, 0.2) is 4.90 Å². The van der Waals surface area contributed by atoms with E-state index in [1.807, 2.05) is 20.8 Å². The fraction of sp³-hybridized carbons (Fsp3) is 0.786. The van der Waals surface area contributed by atoms with Crippen LogP contribution in [0.1, 0.15) is 45.0 Å². The van der Waals surface area contributed by atoms with Crippen molar-refractivity contribution in [3.05, 3.63) is 11.4 Å². The zero-order chi connectivity index (χ0) is 16.3. The van der Waals surface area contributed by atoms with Gasteiger partial charge in [0.25, 0.3) is 0 Å². The first-order valence-corrected chi connectivity index (χ1v) is 8.77. The Bertz CT molecular complexity index is 577. The van der Waals surface area contributed by atoms with Crippen molar-refractivity contribution in [3.63, 3.8) is 0 Å². The predicted octanol–water partition coefficient (Wildman–Crippen LogP) is 1.60. The van der Waals surface area contributed by atoms with E-state index in [4.69, 9.17) is 5.11 Å². The van der Waals surface area contributed by atoms with Gasteiger partial charge in [-0.05, 0) is 32.1 Å². The molecule has 21 heavy (non-hydrogen) atoms. The van der Waals surface area contributed by atoms with E-state index in [2.05, 4.69) is 9.82 Å². The Hall–Kier alpha value is -0.920. The van der Waals surface area contributed by atoms with Gasteiger partial charge in [-0.1, -0.05) is 20.8 Å². The topological polar surface area (TPSA) is 84.2 Å². The number of nitrogens with one attached hydrogen (secondary N) is 1. The van der Waals surface area contributed by atoms with E-state index in [0.29, 0.717) is 30.9 Å². The van der Waals surface area contributed by atoms with Gasteiger partial charge in [-0.15, -0.1) is 0 Å². The summed E-state index contributed by atoms with van der Waals surface area (Å²) < 4.78 is 29.4. The standard InChI is InChI=1S/C14H27N3O3S/c1-6-14(4,5)10-15-21(19,20)13-11(2)16-17(12(13)3)8-7-9-18/h15,18H,6-10H2,1-5H3. The lowest BCUT2D eigenvalue weighted by atomic mass is 9.91. The van der Waals surface area contributed by atoms with Gasteiger partial charge in [-0.25, -0.2) is 13.1 Å². The molecular weight excluding hydrogens is 290 g/mol. The third-order valence-corrected chi connectivity index (χ3v) is 5.46. The lowest BCUT2D eigenvalue weighted by Gasteiger charge is -2.22. The molecule has 0 spiro atoms. The van der Waals surface area contributed by atoms with E-state index >= 15 is 0 Å². The molecule has 2 N–H and O–H groups in total. The number of aliphatic hydroxyl groups excluding tert-OH is 1. The summed E-state index contributed by atoms with van der Waals surface area (Å²) in [6, 6.07) is 0. The van der Waals surface area contributed by atoms with Gasteiger partial charge in [0.1, 0.15) is 4.90 Å². The molecule has 0 saturated heterocycles. The van der Waals surface area contributed by atoms with Crippen molar-refractivity contribution in [3.8, 4) is 0 Å². The number of sulfonamides is 1. The summed E-state index contributed by atoms with van der Waals surface area (Å²) in [5, 5.41) is 13.1. The summed E-state index contributed by atoms with van der Waals surface area (Å²) >= 11 is 0. The molecule has 0 saturated carbocycles. The van der Waals surface area contributed by atoms with E-state index in [0.717, 1.165) is 6.42 Å². The molecule has 0 aliphatic heterocycles. The number of aromatic nitrogens is 2. The number of nitrogens with zero attached hydrogens (tertiary/aromatic N) is 2. The van der Waals surface area contributed by atoms with Crippen LogP contribution in [0.25, 0.3) is 0 Å². The number of hydrogen-bond acceptors (Lipinski definition) is 4. The maximum absolute atomic E-state index is 12.5. The average molecular weight is 317 g/mol. The minimum absolute atomic E-state index is 0.0589. The van der Waals surface area contributed by atoms with Gasteiger partial charge in [0.05, 0.1) is 11.4 Å². The van der Waals surface area contributed by atoms with Crippen LogP contribution in [-0.2, 0) is 16.6 Å². The van der Waals surface area contributed by atoms with Gasteiger partial charge in [-0.2, -0.15) is 5.10 Å². The first-order valence-electron chi connectivity index (χ1n) is 7.29. The highest BCUT2D eigenvalue weighted by atomic mass is 32.2. The molecule has 0 aromatic carbocycles. The molecule has 1 heterocycles. The van der Waals surface area contributed by atoms with E-state index in [1.165, 1.54) is 0 Å². The second kappa shape index (κ2) is 6.89. The molecule has 6 nitrogen and oxygen atoms in total. The Morgan fingerprint density at radius 3 is 2.48 bits per heavy atom. The van der Waals surface area contributed by atoms with Gasteiger partial charge in [0.15, 0.2) is 0 Å². The van der Waals surface area contributed by atoms with Gasteiger partial charge < -0.3 is 5.11 Å². The number of aryl methyl sites for hydroxylation is 2. The number of rotatable bonds is 8. The van der Waals surface area contributed by atoms with Crippen molar-refractivity contribution in [2.75, 3.05) is 13.2 Å². The van der Waals surface area contributed by atoms with E-state index in [1.54, 1.807) is 18.5 Å². The van der Waals surface area contributed by atoms with Crippen LogP contribution in [0.3, 0.4) is 0 Å². The first-order chi connectivity index (χ1) is 9.64. The van der Waals surface area contributed by atoms with Crippen molar-refractivity contribution < 1.29 is 13.5 Å². The van der Waals surface area contributed by atoms with Crippen LogP contribution in [0.5, 0.6) is 0 Å². The van der Waals surface area contributed by atoms with Gasteiger partial charge in [0.2, 0.25) is 10.0 Å². The van der Waals surface area contributed by atoms with E-state index in [9.17, 15) is 8.42 Å². The van der Waals surface area contributed by atoms with Crippen LogP contribution < -0.4 is 4.72 Å². The van der Waals surface area contributed by atoms with Crippen molar-refractivity contribution in [1.29, 1.82) is 0 Å². The van der Waals surface area contributed by atoms with Crippen molar-refractivity contribution in [1.82, 2.24) is 14.5 Å². The zero-order valence-corrected chi connectivity index (χ0v) is 14.4. The summed E-state index contributed by atoms with van der Waals surface area (Å²) in [5.74, 6) is 0. The molecule has 0 atom stereocenters. The number of hydrogen-bond donors (Lipinski definition) is 2. The van der Waals surface area contributed by atoms with Crippen LogP contribution in [-0.4, -0.2) is 36.5 Å². The fourth-order valence-corrected chi connectivity index (χ4v) is 3.64. The minimum Gasteiger partial charge on any atom is -0.396 e. The van der Waals surface area contributed by atoms with Crippen molar-refractivity contribution in [2.24, 2.45) is 5.41 Å². The van der Waals surface area contributed by atoms with E-state index in [-0.39, 0.29) is 16.9 Å². The summed E-state index contributed by atoms with van der Waals surface area (Å²) in [5.41, 5.74) is 1.02. The normalized spacial score (nSPS) is 12.9. The van der Waals surface area contributed by atoms with Crippen LogP contribution in [0, 0.1) is 19.3 Å². The maximum Gasteiger partial charge on any atom is 0.244 e. The molecule has 0 radical (unpaired) electrons. The Balaban J connectivity index is 3.01. The molecule has 1 aromatic rings. The van der Waals surface area contributed by atoms with E-state index < -0.39 is 10.0 Å². The highest BCUT2D eigenvalue weighted by Crippen LogP contribution is 2.22. The minimum atomic E-state index is -3.56. The van der Waals surface area contributed by atoms with Crippen LogP contribution in [0.4, 0.5) is 0 Å². The maximum atomic E-state index is 12.5. The SMILES string of the molecule is CCC(C)(C)CNS(=O)(=O)c1c(C)nn(CCCO)c1C. The average Bonchev–Trinajstić information content (AvgIpc) is 2.69. The molecule has 0 unspecified atom stereocenters. The second-order valence-corrected chi connectivity index (χ2v) is 7.85. The summed E-state index contributed by atoms with van der Waals surface area (Å²) in [6.07, 6.45) is 1.45. The Labute approximate surface area is 127 Å². The van der Waals surface area contributed by atoms with Crippen LogP contribution in [0.2, 0.25) is 0 Å². The first kappa shape index (κ1) is 18.1. The molecular formula is C14H27N3O3S. The molecule has 1 aromatic heterocycles. The smallest absolute Gasteiger partial charge is 0.244 e. The Kier molecular flexibility index (Phi) is 5.95. The van der Waals surface area contributed by atoms with Gasteiger partial charge >= 0.3 is 0 Å². The van der Waals surface area contributed by atoms with Crippen molar-refractivity contribution in [2.45, 2.75) is 58.9 Å². The lowest BCUT2D eigenvalue weighted by Crippen LogP contribution is -2.34. The largest absolute Gasteiger partial charge is 0.396 e. The molecule has 7 heteroatoms. The second-order valence-electron chi connectivity index (χ2n) is 6.14. The fourth-order valence-electron chi connectivity index (χ4n) is 2.00. The van der Waals surface area contributed by atoms with Crippen molar-refractivity contribution >= 4 is 10.0 Å². The lowest BCUT2D eigenvalue weighted by molar-refractivity contribution is 0.276. The number of aliphatic hydroxyl groups is 1. The molecule has 0 fully saturated rings. The van der Waals surface area contributed by atoms with Crippen LogP contribution >= 0.6 is 0 Å². The predicted molar refractivity (Wildman–Crippen MR) is 82.7 cm³/mol. The molecule has 0 aliphatic carbocycles. The summed E-state index contributed by atoms with van der Waals surface area (Å²) in [6.45, 7) is 10.5. The monoisotopic (exact) mass is 317 g/mol. The van der Waals surface area contributed by atoms with Gasteiger partial charge in [0, 0.05) is 19.7 Å². The highest BCUT2D eigenvalue weighted by molar-refractivity contribution is 7.89.